The molecule has 1 aliphatic heterocycles. The van der Waals surface area contributed by atoms with Crippen molar-refractivity contribution in [2.75, 3.05) is 32.8 Å². The van der Waals surface area contributed by atoms with Crippen LogP contribution in [0.4, 0.5) is 5.69 Å². The number of nitrogens with zero attached hydrogens (tertiary/aromatic N) is 1. The average molecular weight is 422 g/mol. The minimum atomic E-state index is 0.374. The Morgan fingerprint density at radius 2 is 1.73 bits per heavy atom. The predicted molar refractivity (Wildman–Crippen MR) is 123 cm³/mol. The third-order valence-electron chi connectivity index (χ3n) is 5.45. The Balaban J connectivity index is 1.65. The minimum absolute atomic E-state index is 0.374. The van der Waals surface area contributed by atoms with Gasteiger partial charge in [-0.25, -0.2) is 0 Å². The summed E-state index contributed by atoms with van der Waals surface area (Å²) in [6.45, 7) is 1.72. The molecule has 0 fully saturated rings. The van der Waals surface area contributed by atoms with Crippen LogP contribution in [0.3, 0.4) is 0 Å². The van der Waals surface area contributed by atoms with Crippen LogP contribution in [0.2, 0.25) is 0 Å². The van der Waals surface area contributed by atoms with Crippen LogP contribution < -0.4 is 19.1 Å². The summed E-state index contributed by atoms with van der Waals surface area (Å²) in [6, 6.07) is 23.2. The number of ether oxygens (including phenoxy) is 3. The summed E-state index contributed by atoms with van der Waals surface area (Å²) in [7, 11) is 5.10. The molecule has 30 heavy (non-hydrogen) atoms. The molecular weight excluding hydrogens is 394 g/mol. The lowest BCUT2D eigenvalue weighted by Gasteiger charge is -2.26. The first kappa shape index (κ1) is 20.5. The van der Waals surface area contributed by atoms with Gasteiger partial charge in [-0.2, -0.15) is 0 Å². The molecule has 0 aliphatic carbocycles. The van der Waals surface area contributed by atoms with Crippen LogP contribution in [0.1, 0.15) is 22.8 Å². The van der Waals surface area contributed by atoms with Crippen molar-refractivity contribution < 1.29 is 14.2 Å². The number of benzene rings is 3. The maximum absolute atomic E-state index is 5.67. The molecule has 5 heteroatoms. The number of methoxy groups -OCH3 is 3. The molecule has 0 amide bonds. The first-order chi connectivity index (χ1) is 14.7. The summed E-state index contributed by atoms with van der Waals surface area (Å²) in [4.78, 5) is 3.74. The molecule has 1 aliphatic rings. The maximum atomic E-state index is 5.67. The number of fused-ring (bicyclic) bond motifs is 1. The van der Waals surface area contributed by atoms with Crippen molar-refractivity contribution >= 4 is 17.4 Å². The first-order valence-electron chi connectivity index (χ1n) is 10.1. The molecule has 1 atom stereocenters. The second kappa shape index (κ2) is 9.35. The van der Waals surface area contributed by atoms with Crippen LogP contribution in [0, 0.1) is 0 Å². The van der Waals surface area contributed by atoms with Crippen molar-refractivity contribution in [3.8, 4) is 17.2 Å². The van der Waals surface area contributed by atoms with Crippen molar-refractivity contribution in [2.24, 2.45) is 0 Å². The predicted octanol–water partition coefficient (Wildman–Crippen LogP) is 5.96. The van der Waals surface area contributed by atoms with Crippen LogP contribution in [0.25, 0.3) is 0 Å². The molecule has 4 rings (SSSR count). The zero-order valence-corrected chi connectivity index (χ0v) is 18.4. The Morgan fingerprint density at radius 3 is 2.53 bits per heavy atom. The van der Waals surface area contributed by atoms with Gasteiger partial charge in [0.15, 0.2) is 11.5 Å². The van der Waals surface area contributed by atoms with E-state index in [0.29, 0.717) is 5.25 Å². The largest absolute Gasteiger partial charge is 0.497 e. The summed E-state index contributed by atoms with van der Waals surface area (Å²) in [5, 5.41) is 0.374. The molecule has 0 radical (unpaired) electrons. The number of thioether (sulfide) groups is 1. The van der Waals surface area contributed by atoms with Gasteiger partial charge in [0, 0.05) is 28.8 Å². The Labute approximate surface area is 182 Å². The quantitative estimate of drug-likeness (QED) is 0.490. The molecular formula is C25H27NO3S. The minimum Gasteiger partial charge on any atom is -0.497 e. The summed E-state index contributed by atoms with van der Waals surface area (Å²) in [6.07, 6.45) is 1.04. The van der Waals surface area contributed by atoms with E-state index in [1.54, 1.807) is 21.3 Å². The molecule has 0 bridgehead atoms. The Kier molecular flexibility index (Phi) is 6.38. The van der Waals surface area contributed by atoms with Gasteiger partial charge < -0.3 is 19.1 Å². The van der Waals surface area contributed by atoms with Crippen molar-refractivity contribution in [3.63, 3.8) is 0 Å². The van der Waals surface area contributed by atoms with E-state index in [9.17, 15) is 0 Å². The van der Waals surface area contributed by atoms with Gasteiger partial charge in [-0.3, -0.25) is 0 Å². The number of hydrogen-bond acceptors (Lipinski definition) is 5. The molecule has 0 unspecified atom stereocenters. The number of hydrogen-bond donors (Lipinski definition) is 0. The van der Waals surface area contributed by atoms with Gasteiger partial charge in [0.1, 0.15) is 5.75 Å². The zero-order chi connectivity index (χ0) is 20.9. The summed E-state index contributed by atoms with van der Waals surface area (Å²) >= 11 is 1.93. The van der Waals surface area contributed by atoms with Crippen LogP contribution in [-0.2, 0) is 6.54 Å². The topological polar surface area (TPSA) is 30.9 Å². The van der Waals surface area contributed by atoms with Crippen LogP contribution >= 0.6 is 11.8 Å². The fourth-order valence-electron chi connectivity index (χ4n) is 3.95. The lowest BCUT2D eigenvalue weighted by molar-refractivity contribution is 0.351. The lowest BCUT2D eigenvalue weighted by atomic mass is 10.1. The van der Waals surface area contributed by atoms with E-state index >= 15 is 0 Å². The van der Waals surface area contributed by atoms with E-state index in [2.05, 4.69) is 53.4 Å². The highest BCUT2D eigenvalue weighted by Gasteiger charge is 2.24. The maximum Gasteiger partial charge on any atom is 0.165 e. The third-order valence-corrected chi connectivity index (χ3v) is 6.84. The SMILES string of the molecule is COc1cccc([C@H]2CCN(Cc3cccc(OC)c3OC)c3ccccc3S2)c1. The highest BCUT2D eigenvalue weighted by Crippen LogP contribution is 2.46. The summed E-state index contributed by atoms with van der Waals surface area (Å²) < 4.78 is 16.6. The Morgan fingerprint density at radius 1 is 0.900 bits per heavy atom. The van der Waals surface area contributed by atoms with Gasteiger partial charge in [0.05, 0.1) is 27.0 Å². The van der Waals surface area contributed by atoms with E-state index in [0.717, 1.165) is 42.3 Å². The molecule has 3 aromatic carbocycles. The van der Waals surface area contributed by atoms with Gasteiger partial charge in [0.25, 0.3) is 0 Å². The normalized spacial score (nSPS) is 15.8. The van der Waals surface area contributed by atoms with Crippen LogP contribution in [0.15, 0.2) is 71.6 Å². The first-order valence-corrected chi connectivity index (χ1v) is 11.0. The van der Waals surface area contributed by atoms with E-state index in [1.807, 2.05) is 30.0 Å². The van der Waals surface area contributed by atoms with Gasteiger partial charge >= 0.3 is 0 Å². The lowest BCUT2D eigenvalue weighted by Crippen LogP contribution is -2.24. The standard InChI is InChI=1S/C25H27NO3S/c1-27-20-10-6-8-18(16-20)23-14-15-26(21-11-4-5-13-24(21)30-23)17-19-9-7-12-22(28-2)25(19)29-3/h4-13,16,23H,14-15,17H2,1-3H3/t23-/m1/s1. The van der Waals surface area contributed by atoms with Gasteiger partial charge in [-0.05, 0) is 42.3 Å². The van der Waals surface area contributed by atoms with Crippen LogP contribution in [0.5, 0.6) is 17.2 Å². The zero-order valence-electron chi connectivity index (χ0n) is 17.6. The van der Waals surface area contributed by atoms with Gasteiger partial charge in [0.2, 0.25) is 0 Å². The van der Waals surface area contributed by atoms with Crippen molar-refractivity contribution in [2.45, 2.75) is 23.1 Å². The fraction of sp³-hybridized carbons (Fsp3) is 0.280. The molecule has 0 spiro atoms. The number of anilines is 1. The second-order valence-electron chi connectivity index (χ2n) is 7.21. The Bertz CT molecular complexity index is 1010. The molecule has 4 nitrogen and oxygen atoms in total. The van der Waals surface area contributed by atoms with E-state index in [1.165, 1.54) is 16.1 Å². The molecule has 1 heterocycles. The third kappa shape index (κ3) is 4.21. The molecule has 0 aromatic heterocycles. The molecule has 0 N–H and O–H groups in total. The molecule has 0 saturated carbocycles. The molecule has 156 valence electrons. The highest BCUT2D eigenvalue weighted by atomic mass is 32.2. The summed E-state index contributed by atoms with van der Waals surface area (Å²) in [5.74, 6) is 2.48. The molecule has 0 saturated heterocycles. The van der Waals surface area contributed by atoms with Gasteiger partial charge in [-0.1, -0.05) is 36.4 Å². The second-order valence-corrected chi connectivity index (χ2v) is 8.46. The number of rotatable bonds is 6. The van der Waals surface area contributed by atoms with E-state index in [4.69, 9.17) is 14.2 Å². The van der Waals surface area contributed by atoms with Gasteiger partial charge in [-0.15, -0.1) is 11.8 Å². The highest BCUT2D eigenvalue weighted by molar-refractivity contribution is 7.99. The van der Waals surface area contributed by atoms with Crippen LogP contribution in [-0.4, -0.2) is 27.9 Å². The smallest absolute Gasteiger partial charge is 0.165 e. The monoisotopic (exact) mass is 421 g/mol. The van der Waals surface area contributed by atoms with Crippen molar-refractivity contribution in [1.82, 2.24) is 0 Å². The molecule has 3 aromatic rings. The van der Waals surface area contributed by atoms with Crippen molar-refractivity contribution in [3.05, 3.63) is 77.9 Å². The fourth-order valence-corrected chi connectivity index (χ4v) is 5.24. The van der Waals surface area contributed by atoms with Crippen molar-refractivity contribution in [1.29, 1.82) is 0 Å². The Hall–Kier alpha value is -2.79. The number of para-hydroxylation sites is 2. The average Bonchev–Trinajstić information content (AvgIpc) is 2.98. The summed E-state index contributed by atoms with van der Waals surface area (Å²) in [5.41, 5.74) is 3.68. The van der Waals surface area contributed by atoms with E-state index in [-0.39, 0.29) is 0 Å². The van der Waals surface area contributed by atoms with E-state index < -0.39 is 0 Å².